The number of piperidine rings is 1. The van der Waals surface area contributed by atoms with Gasteiger partial charge < -0.3 is 4.90 Å². The third-order valence-corrected chi connectivity index (χ3v) is 7.53. The zero-order valence-corrected chi connectivity index (χ0v) is 14.3. The van der Waals surface area contributed by atoms with E-state index in [0.29, 0.717) is 0 Å². The molecule has 0 spiro atoms. The van der Waals surface area contributed by atoms with Crippen molar-refractivity contribution in [1.82, 2.24) is 4.90 Å². The molecule has 0 amide bonds. The summed E-state index contributed by atoms with van der Waals surface area (Å²) in [4.78, 5) is 2.83. The second-order valence-electron chi connectivity index (χ2n) is 9.30. The topological polar surface area (TPSA) is 3.24 Å². The SMILES string of the molecule is [c]1ccc(C2CCN(CC34CC5CC(CC(C5)C3)C4)CC2)cc1. The molecule has 4 saturated carbocycles. The van der Waals surface area contributed by atoms with Crippen molar-refractivity contribution in [2.24, 2.45) is 23.2 Å². The predicted octanol–water partition coefficient (Wildman–Crippen LogP) is 4.88. The Labute approximate surface area is 141 Å². The van der Waals surface area contributed by atoms with Crippen molar-refractivity contribution in [1.29, 1.82) is 0 Å². The zero-order valence-electron chi connectivity index (χ0n) is 14.3. The fourth-order valence-corrected chi connectivity index (χ4v) is 7.05. The summed E-state index contributed by atoms with van der Waals surface area (Å²) in [6, 6.07) is 11.9. The van der Waals surface area contributed by atoms with Gasteiger partial charge >= 0.3 is 0 Å². The molecular weight excluding hydrogens is 278 g/mol. The van der Waals surface area contributed by atoms with Gasteiger partial charge in [-0.2, -0.15) is 0 Å². The van der Waals surface area contributed by atoms with Gasteiger partial charge in [-0.05, 0) is 105 Å². The van der Waals surface area contributed by atoms with E-state index in [1.54, 1.807) is 44.1 Å². The van der Waals surface area contributed by atoms with Crippen LogP contribution in [0.4, 0.5) is 0 Å². The number of hydrogen-bond acceptors (Lipinski definition) is 1. The normalized spacial score (nSPS) is 40.6. The Bertz CT molecular complexity index is 505. The van der Waals surface area contributed by atoms with Gasteiger partial charge in [0.2, 0.25) is 0 Å². The van der Waals surface area contributed by atoms with Gasteiger partial charge in [-0.15, -0.1) is 0 Å². The van der Waals surface area contributed by atoms with E-state index in [9.17, 15) is 0 Å². The van der Waals surface area contributed by atoms with Crippen LogP contribution in [0.2, 0.25) is 0 Å². The Morgan fingerprint density at radius 3 is 2.04 bits per heavy atom. The first-order valence-electron chi connectivity index (χ1n) is 9.96. The minimum atomic E-state index is 0.725. The summed E-state index contributed by atoms with van der Waals surface area (Å²) >= 11 is 0. The van der Waals surface area contributed by atoms with Crippen LogP contribution in [0, 0.1) is 29.2 Å². The fraction of sp³-hybridized carbons (Fsp3) is 0.727. The highest BCUT2D eigenvalue weighted by atomic mass is 15.1. The van der Waals surface area contributed by atoms with Gasteiger partial charge in [0.05, 0.1) is 0 Å². The average molecular weight is 308 g/mol. The molecule has 6 rings (SSSR count). The van der Waals surface area contributed by atoms with Crippen LogP contribution in [0.3, 0.4) is 0 Å². The summed E-state index contributed by atoms with van der Waals surface area (Å²) in [6.07, 6.45) is 12.1. The maximum absolute atomic E-state index is 3.16. The van der Waals surface area contributed by atoms with Gasteiger partial charge in [0.15, 0.2) is 0 Å². The number of likely N-dealkylation sites (tertiary alicyclic amines) is 1. The molecule has 5 aliphatic rings. The lowest BCUT2D eigenvalue weighted by Gasteiger charge is -2.58. The van der Waals surface area contributed by atoms with Gasteiger partial charge in [0, 0.05) is 6.54 Å². The molecule has 1 radical (unpaired) electrons. The van der Waals surface area contributed by atoms with Gasteiger partial charge in [-0.25, -0.2) is 0 Å². The summed E-state index contributed by atoms with van der Waals surface area (Å²) in [5.41, 5.74) is 2.27. The highest BCUT2D eigenvalue weighted by Gasteiger charge is 2.51. The average Bonchev–Trinajstić information content (AvgIpc) is 2.55. The number of rotatable bonds is 3. The lowest BCUT2D eigenvalue weighted by molar-refractivity contribution is -0.0714. The first kappa shape index (κ1) is 14.5. The summed E-state index contributed by atoms with van der Waals surface area (Å²) in [7, 11) is 0. The largest absolute Gasteiger partial charge is 0.303 e. The van der Waals surface area contributed by atoms with Crippen molar-refractivity contribution in [3.8, 4) is 0 Å². The van der Waals surface area contributed by atoms with Crippen molar-refractivity contribution >= 4 is 0 Å². The summed E-state index contributed by atoms with van der Waals surface area (Å²) in [6.45, 7) is 4.07. The van der Waals surface area contributed by atoms with E-state index < -0.39 is 0 Å². The van der Waals surface area contributed by atoms with Crippen molar-refractivity contribution in [3.05, 3.63) is 35.9 Å². The third-order valence-electron chi connectivity index (χ3n) is 7.53. The highest BCUT2D eigenvalue weighted by molar-refractivity contribution is 5.19. The van der Waals surface area contributed by atoms with Crippen LogP contribution >= 0.6 is 0 Å². The molecule has 1 aromatic rings. The van der Waals surface area contributed by atoms with Crippen LogP contribution in [-0.2, 0) is 0 Å². The lowest BCUT2D eigenvalue weighted by atomic mass is 9.49. The van der Waals surface area contributed by atoms with Crippen molar-refractivity contribution in [3.63, 3.8) is 0 Å². The van der Waals surface area contributed by atoms with Crippen molar-refractivity contribution in [2.75, 3.05) is 19.6 Å². The molecule has 23 heavy (non-hydrogen) atoms. The summed E-state index contributed by atoms with van der Waals surface area (Å²) in [5, 5.41) is 0. The predicted molar refractivity (Wildman–Crippen MR) is 94.3 cm³/mol. The molecule has 0 N–H and O–H groups in total. The van der Waals surface area contributed by atoms with Gasteiger partial charge in [0.25, 0.3) is 0 Å². The Morgan fingerprint density at radius 1 is 0.913 bits per heavy atom. The van der Waals surface area contributed by atoms with E-state index in [2.05, 4.69) is 35.2 Å². The van der Waals surface area contributed by atoms with Gasteiger partial charge in [-0.1, -0.05) is 24.3 Å². The monoisotopic (exact) mass is 308 g/mol. The van der Waals surface area contributed by atoms with Crippen LogP contribution in [0.25, 0.3) is 0 Å². The summed E-state index contributed by atoms with van der Waals surface area (Å²) in [5.74, 6) is 4.08. The zero-order chi connectivity index (χ0) is 15.3. The molecule has 4 bridgehead atoms. The maximum atomic E-state index is 3.16. The first-order valence-corrected chi connectivity index (χ1v) is 9.96. The highest BCUT2D eigenvalue weighted by Crippen LogP contribution is 2.60. The lowest BCUT2D eigenvalue weighted by Crippen LogP contribution is -2.52. The Balaban J connectivity index is 1.22. The second kappa shape index (κ2) is 5.62. The molecule has 0 aromatic heterocycles. The van der Waals surface area contributed by atoms with E-state index in [0.717, 1.165) is 29.1 Å². The number of nitrogens with zero attached hydrogens (tertiary/aromatic N) is 1. The molecule has 1 heterocycles. The molecule has 1 aliphatic heterocycles. The minimum absolute atomic E-state index is 0.725. The molecule has 0 unspecified atom stereocenters. The van der Waals surface area contributed by atoms with Crippen LogP contribution in [-0.4, -0.2) is 24.5 Å². The molecular formula is C22H30N. The van der Waals surface area contributed by atoms with Crippen molar-refractivity contribution in [2.45, 2.75) is 57.3 Å². The number of hydrogen-bond donors (Lipinski definition) is 0. The maximum Gasteiger partial charge on any atom is 0.00383 e. The second-order valence-corrected chi connectivity index (χ2v) is 9.30. The fourth-order valence-electron chi connectivity index (χ4n) is 7.05. The van der Waals surface area contributed by atoms with E-state index in [1.807, 2.05) is 0 Å². The van der Waals surface area contributed by atoms with E-state index >= 15 is 0 Å². The Kier molecular flexibility index (Phi) is 3.55. The standard InChI is InChI=1S/C22H30N/c1-2-4-20(5-3-1)21-6-8-23(9-7-21)16-22-13-17-10-18(14-22)12-19(11-17)15-22/h2-5,17-19,21H,6-16H2. The van der Waals surface area contributed by atoms with Gasteiger partial charge in [0.1, 0.15) is 0 Å². The van der Waals surface area contributed by atoms with Crippen LogP contribution in [0.15, 0.2) is 24.3 Å². The molecule has 1 heteroatoms. The Hall–Kier alpha value is -0.820. The smallest absolute Gasteiger partial charge is 0.00383 e. The summed E-state index contributed by atoms with van der Waals surface area (Å²) < 4.78 is 0. The molecule has 123 valence electrons. The molecule has 4 aliphatic carbocycles. The van der Waals surface area contributed by atoms with Crippen LogP contribution in [0.5, 0.6) is 0 Å². The molecule has 5 fully saturated rings. The van der Waals surface area contributed by atoms with Gasteiger partial charge in [-0.3, -0.25) is 0 Å². The molecule has 0 atom stereocenters. The third kappa shape index (κ3) is 2.76. The first-order chi connectivity index (χ1) is 11.3. The van der Waals surface area contributed by atoms with Crippen LogP contribution in [0.1, 0.15) is 62.8 Å². The van der Waals surface area contributed by atoms with Crippen LogP contribution < -0.4 is 0 Å². The molecule has 1 aromatic carbocycles. The van der Waals surface area contributed by atoms with Crippen molar-refractivity contribution < 1.29 is 0 Å². The van der Waals surface area contributed by atoms with E-state index in [1.165, 1.54) is 32.5 Å². The quantitative estimate of drug-likeness (QED) is 0.769. The van der Waals surface area contributed by atoms with E-state index in [4.69, 9.17) is 0 Å². The van der Waals surface area contributed by atoms with E-state index in [-0.39, 0.29) is 0 Å². The molecule has 1 saturated heterocycles. The molecule has 1 nitrogen and oxygen atoms in total. The Morgan fingerprint density at radius 2 is 1.48 bits per heavy atom. The minimum Gasteiger partial charge on any atom is -0.303 e. The number of benzene rings is 1.